The summed E-state index contributed by atoms with van der Waals surface area (Å²) in [5.74, 6) is -0.431. The Balaban J connectivity index is 1.80. The monoisotopic (exact) mass is 307 g/mol. The van der Waals surface area contributed by atoms with E-state index in [0.717, 1.165) is 10.6 Å². The van der Waals surface area contributed by atoms with Crippen LogP contribution in [0.2, 0.25) is 0 Å². The zero-order valence-electron chi connectivity index (χ0n) is 12.4. The Bertz CT molecular complexity index is 515. The number of likely N-dealkylation sites (tertiary alicyclic amines) is 1. The smallest absolute Gasteiger partial charge is 0.308 e. The quantitative estimate of drug-likeness (QED) is 0.850. The van der Waals surface area contributed by atoms with Crippen LogP contribution in [0.3, 0.4) is 0 Å². The number of carbonyl (C=O) groups excluding carboxylic acids is 1. The molecule has 2 rings (SSSR count). The fourth-order valence-corrected chi connectivity index (χ4v) is 3.50. The number of nitrogens with zero attached hydrogens (tertiary/aromatic N) is 1. The van der Waals surface area contributed by atoms with Gasteiger partial charge in [-0.1, -0.05) is 17.7 Å². The van der Waals surface area contributed by atoms with Gasteiger partial charge in [-0.25, -0.2) is 0 Å². The fourth-order valence-electron chi connectivity index (χ4n) is 2.66. The molecule has 0 spiro atoms. The van der Waals surface area contributed by atoms with Crippen molar-refractivity contribution in [1.29, 1.82) is 0 Å². The first kappa shape index (κ1) is 15.9. The van der Waals surface area contributed by atoms with Gasteiger partial charge < -0.3 is 10.0 Å². The molecule has 0 aromatic heterocycles. The summed E-state index contributed by atoms with van der Waals surface area (Å²) in [6.45, 7) is 4.44. The molecule has 5 heteroatoms. The molecule has 1 fully saturated rings. The molecule has 1 N–H and O–H groups in total. The van der Waals surface area contributed by atoms with E-state index in [9.17, 15) is 9.59 Å². The number of rotatable bonds is 5. The Morgan fingerprint density at radius 3 is 2.57 bits per heavy atom. The van der Waals surface area contributed by atoms with Crippen molar-refractivity contribution in [2.45, 2.75) is 37.6 Å². The van der Waals surface area contributed by atoms with Gasteiger partial charge in [-0.15, -0.1) is 11.8 Å². The highest BCUT2D eigenvalue weighted by Gasteiger charge is 2.37. The lowest BCUT2D eigenvalue weighted by Gasteiger charge is -2.23. The van der Waals surface area contributed by atoms with Gasteiger partial charge in [0.1, 0.15) is 0 Å². The van der Waals surface area contributed by atoms with Crippen molar-refractivity contribution in [1.82, 2.24) is 4.90 Å². The molecule has 2 unspecified atom stereocenters. The van der Waals surface area contributed by atoms with Gasteiger partial charge in [-0.2, -0.15) is 0 Å². The number of aliphatic carboxylic acids is 1. The zero-order chi connectivity index (χ0) is 15.4. The summed E-state index contributed by atoms with van der Waals surface area (Å²) in [6.07, 6.45) is 1.02. The lowest BCUT2D eigenvalue weighted by molar-refractivity contribution is -0.143. The van der Waals surface area contributed by atoms with E-state index < -0.39 is 11.9 Å². The fraction of sp³-hybridized carbons (Fsp3) is 0.500. The highest BCUT2D eigenvalue weighted by Crippen LogP contribution is 2.26. The van der Waals surface area contributed by atoms with E-state index in [1.807, 2.05) is 13.8 Å². The van der Waals surface area contributed by atoms with Crippen molar-refractivity contribution >= 4 is 23.6 Å². The number of carbonyl (C=O) groups is 2. The summed E-state index contributed by atoms with van der Waals surface area (Å²) >= 11 is 1.66. The summed E-state index contributed by atoms with van der Waals surface area (Å²) < 4.78 is 0. The van der Waals surface area contributed by atoms with Crippen molar-refractivity contribution in [2.24, 2.45) is 5.92 Å². The highest BCUT2D eigenvalue weighted by atomic mass is 32.2. The van der Waals surface area contributed by atoms with Gasteiger partial charge in [-0.3, -0.25) is 9.59 Å². The Morgan fingerprint density at radius 2 is 2.00 bits per heavy atom. The SMILES string of the molecule is Cc1ccc(SCCC(=O)N2CCC(C(=O)O)C2C)cc1. The largest absolute Gasteiger partial charge is 0.481 e. The maximum Gasteiger partial charge on any atom is 0.308 e. The molecule has 21 heavy (non-hydrogen) atoms. The highest BCUT2D eigenvalue weighted by molar-refractivity contribution is 7.99. The topological polar surface area (TPSA) is 57.6 Å². The molecule has 0 aliphatic carbocycles. The van der Waals surface area contributed by atoms with Crippen molar-refractivity contribution in [3.63, 3.8) is 0 Å². The molecule has 0 saturated carbocycles. The van der Waals surface area contributed by atoms with Crippen molar-refractivity contribution in [2.75, 3.05) is 12.3 Å². The van der Waals surface area contributed by atoms with Crippen molar-refractivity contribution < 1.29 is 14.7 Å². The van der Waals surface area contributed by atoms with E-state index in [2.05, 4.69) is 24.3 Å². The van der Waals surface area contributed by atoms with E-state index in [1.54, 1.807) is 16.7 Å². The number of aryl methyl sites for hydroxylation is 1. The van der Waals surface area contributed by atoms with Gasteiger partial charge >= 0.3 is 5.97 Å². The molecule has 1 heterocycles. The van der Waals surface area contributed by atoms with Crippen molar-refractivity contribution in [3.8, 4) is 0 Å². The van der Waals surface area contributed by atoms with Crippen molar-refractivity contribution in [3.05, 3.63) is 29.8 Å². The number of carboxylic acids is 1. The van der Waals surface area contributed by atoms with Crippen LogP contribution < -0.4 is 0 Å². The first-order valence-corrected chi connectivity index (χ1v) is 8.19. The molecule has 1 aromatic carbocycles. The number of benzene rings is 1. The Labute approximate surface area is 129 Å². The number of thioether (sulfide) groups is 1. The van der Waals surface area contributed by atoms with Gasteiger partial charge in [0.15, 0.2) is 0 Å². The molecule has 1 aliphatic rings. The Kier molecular flexibility index (Phi) is 5.28. The van der Waals surface area contributed by atoms with Crippen LogP contribution in [-0.2, 0) is 9.59 Å². The van der Waals surface area contributed by atoms with Crippen LogP contribution in [0, 0.1) is 12.8 Å². The summed E-state index contributed by atoms with van der Waals surface area (Å²) in [5.41, 5.74) is 1.22. The van der Waals surface area contributed by atoms with Gasteiger partial charge in [-0.05, 0) is 32.4 Å². The minimum Gasteiger partial charge on any atom is -0.481 e. The number of hydrogen-bond donors (Lipinski definition) is 1. The standard InChI is InChI=1S/C16H21NO3S/c1-11-3-5-13(6-4-11)21-10-8-15(18)17-9-7-14(12(17)2)16(19)20/h3-6,12,14H,7-10H2,1-2H3,(H,19,20). The van der Waals surface area contributed by atoms with E-state index >= 15 is 0 Å². The van der Waals surface area contributed by atoms with Crippen LogP contribution in [-0.4, -0.2) is 40.2 Å². The van der Waals surface area contributed by atoms with E-state index in [1.165, 1.54) is 5.56 Å². The molecular formula is C16H21NO3S. The third-order valence-electron chi connectivity index (χ3n) is 4.00. The maximum absolute atomic E-state index is 12.2. The normalized spacial score (nSPS) is 21.5. The molecular weight excluding hydrogens is 286 g/mol. The molecule has 2 atom stereocenters. The van der Waals surface area contributed by atoms with Gasteiger partial charge in [0.25, 0.3) is 0 Å². The zero-order valence-corrected chi connectivity index (χ0v) is 13.2. The third-order valence-corrected chi connectivity index (χ3v) is 5.01. The lowest BCUT2D eigenvalue weighted by Crippen LogP contribution is -2.37. The average Bonchev–Trinajstić information content (AvgIpc) is 2.83. The molecule has 0 radical (unpaired) electrons. The van der Waals surface area contributed by atoms with Crippen LogP contribution in [0.25, 0.3) is 0 Å². The number of amides is 1. The third kappa shape index (κ3) is 4.00. The molecule has 114 valence electrons. The van der Waals surface area contributed by atoms with Crippen LogP contribution in [0.1, 0.15) is 25.3 Å². The second-order valence-electron chi connectivity index (χ2n) is 5.47. The number of hydrogen-bond acceptors (Lipinski definition) is 3. The summed E-state index contributed by atoms with van der Waals surface area (Å²) in [5, 5.41) is 9.09. The van der Waals surface area contributed by atoms with Crippen LogP contribution in [0.4, 0.5) is 0 Å². The number of carboxylic acid groups (broad SMARTS) is 1. The molecule has 1 saturated heterocycles. The van der Waals surface area contributed by atoms with E-state index in [0.29, 0.717) is 19.4 Å². The second-order valence-corrected chi connectivity index (χ2v) is 6.64. The summed E-state index contributed by atoms with van der Waals surface area (Å²) in [4.78, 5) is 26.1. The summed E-state index contributed by atoms with van der Waals surface area (Å²) in [7, 11) is 0. The van der Waals surface area contributed by atoms with Gasteiger partial charge in [0.05, 0.1) is 5.92 Å². The second kappa shape index (κ2) is 6.98. The predicted octanol–water partition coefficient (Wildman–Crippen LogP) is 2.80. The van der Waals surface area contributed by atoms with E-state index in [-0.39, 0.29) is 11.9 Å². The minimum atomic E-state index is -0.799. The minimum absolute atomic E-state index is 0.0610. The van der Waals surface area contributed by atoms with Gasteiger partial charge in [0.2, 0.25) is 5.91 Å². The van der Waals surface area contributed by atoms with Crippen LogP contribution >= 0.6 is 11.8 Å². The molecule has 0 bridgehead atoms. The summed E-state index contributed by atoms with van der Waals surface area (Å²) in [6, 6.07) is 8.04. The predicted molar refractivity (Wildman–Crippen MR) is 83.4 cm³/mol. The van der Waals surface area contributed by atoms with E-state index in [4.69, 9.17) is 5.11 Å². The molecule has 1 aliphatic heterocycles. The molecule has 1 aromatic rings. The Morgan fingerprint density at radius 1 is 1.33 bits per heavy atom. The van der Waals surface area contributed by atoms with Crippen LogP contribution in [0.5, 0.6) is 0 Å². The average molecular weight is 307 g/mol. The van der Waals surface area contributed by atoms with Crippen LogP contribution in [0.15, 0.2) is 29.2 Å². The molecule has 4 nitrogen and oxygen atoms in total. The maximum atomic E-state index is 12.2. The van der Waals surface area contributed by atoms with Gasteiger partial charge in [0, 0.05) is 29.7 Å². The lowest BCUT2D eigenvalue weighted by atomic mass is 10.0. The first-order valence-electron chi connectivity index (χ1n) is 7.21. The Hall–Kier alpha value is -1.49. The molecule has 1 amide bonds. The first-order chi connectivity index (χ1) is 9.99.